The third kappa shape index (κ3) is 5.21. The fourth-order valence-electron chi connectivity index (χ4n) is 3.17. The van der Waals surface area contributed by atoms with Crippen LogP contribution in [0.25, 0.3) is 0 Å². The van der Waals surface area contributed by atoms with Gasteiger partial charge in [0.05, 0.1) is 6.54 Å². The highest BCUT2D eigenvalue weighted by atomic mass is 16.2. The maximum Gasteiger partial charge on any atom is 0.240 e. The van der Waals surface area contributed by atoms with Crippen LogP contribution in [0.1, 0.15) is 53.4 Å². The maximum absolute atomic E-state index is 12.7. The molecule has 6 heteroatoms. The smallest absolute Gasteiger partial charge is 0.240 e. The molecule has 2 aliphatic rings. The van der Waals surface area contributed by atoms with E-state index < -0.39 is 0 Å². The molecule has 1 saturated heterocycles. The molecule has 24 heavy (non-hydrogen) atoms. The second-order valence-electron chi connectivity index (χ2n) is 8.02. The van der Waals surface area contributed by atoms with Crippen LogP contribution in [0.4, 0.5) is 0 Å². The fourth-order valence-corrected chi connectivity index (χ4v) is 3.17. The molecular weight excluding hydrogens is 306 g/mol. The first-order valence-electron chi connectivity index (χ1n) is 9.10. The van der Waals surface area contributed by atoms with Crippen LogP contribution in [0.5, 0.6) is 0 Å². The summed E-state index contributed by atoms with van der Waals surface area (Å²) >= 11 is 0. The molecule has 136 valence electrons. The average molecular weight is 337 g/mol. The molecule has 1 heterocycles. The molecule has 0 aromatic heterocycles. The number of rotatable bonds is 5. The predicted octanol–water partition coefficient (Wildman–Crippen LogP) is 1.40. The molecule has 0 aromatic carbocycles. The summed E-state index contributed by atoms with van der Waals surface area (Å²) < 4.78 is 0. The van der Waals surface area contributed by atoms with Crippen molar-refractivity contribution in [3.8, 4) is 0 Å². The van der Waals surface area contributed by atoms with E-state index in [1.54, 1.807) is 4.90 Å². The second-order valence-corrected chi connectivity index (χ2v) is 8.02. The van der Waals surface area contributed by atoms with Crippen molar-refractivity contribution in [2.75, 3.05) is 26.2 Å². The minimum absolute atomic E-state index is 0.0417. The zero-order valence-corrected chi connectivity index (χ0v) is 15.4. The van der Waals surface area contributed by atoms with Gasteiger partial charge in [0, 0.05) is 37.0 Å². The highest BCUT2D eigenvalue weighted by Crippen LogP contribution is 2.32. The van der Waals surface area contributed by atoms with E-state index in [0.29, 0.717) is 32.5 Å². The minimum atomic E-state index is -0.298. The van der Waals surface area contributed by atoms with Crippen LogP contribution >= 0.6 is 0 Å². The molecule has 0 spiro atoms. The zero-order chi connectivity index (χ0) is 17.9. The lowest BCUT2D eigenvalue weighted by molar-refractivity contribution is -0.143. The Balaban J connectivity index is 1.83. The van der Waals surface area contributed by atoms with E-state index in [9.17, 15) is 14.4 Å². The third-order valence-electron chi connectivity index (χ3n) is 4.62. The van der Waals surface area contributed by atoms with E-state index in [1.165, 1.54) is 0 Å². The monoisotopic (exact) mass is 337 g/mol. The van der Waals surface area contributed by atoms with Crippen molar-refractivity contribution in [3.05, 3.63) is 0 Å². The Labute approximate surface area is 144 Å². The van der Waals surface area contributed by atoms with Crippen molar-refractivity contribution in [1.82, 2.24) is 15.1 Å². The number of likely N-dealkylation sites (tertiary alicyclic amines) is 1. The minimum Gasteiger partial charge on any atom is -0.350 e. The van der Waals surface area contributed by atoms with Crippen LogP contribution < -0.4 is 5.32 Å². The number of hydrogen-bond donors (Lipinski definition) is 1. The number of nitrogens with zero attached hydrogens (tertiary/aromatic N) is 2. The summed E-state index contributed by atoms with van der Waals surface area (Å²) in [4.78, 5) is 40.4. The molecule has 0 aromatic rings. The predicted molar refractivity (Wildman–Crippen MR) is 92.2 cm³/mol. The second kappa shape index (κ2) is 7.53. The lowest BCUT2D eigenvalue weighted by atomic mass is 9.95. The van der Waals surface area contributed by atoms with Crippen molar-refractivity contribution in [2.45, 2.75) is 58.9 Å². The third-order valence-corrected chi connectivity index (χ3v) is 4.62. The van der Waals surface area contributed by atoms with Crippen molar-refractivity contribution in [1.29, 1.82) is 0 Å². The van der Waals surface area contributed by atoms with Crippen LogP contribution in [-0.2, 0) is 14.4 Å². The summed E-state index contributed by atoms with van der Waals surface area (Å²) in [5.74, 6) is 0.345. The average Bonchev–Trinajstić information content (AvgIpc) is 3.34. The van der Waals surface area contributed by atoms with Crippen LogP contribution in [0.3, 0.4) is 0 Å². The summed E-state index contributed by atoms with van der Waals surface area (Å²) in [6, 6.07) is 0. The van der Waals surface area contributed by atoms with Gasteiger partial charge in [0.2, 0.25) is 17.7 Å². The highest BCUT2D eigenvalue weighted by Gasteiger charge is 2.36. The normalized spacial score (nSPS) is 19.1. The van der Waals surface area contributed by atoms with Gasteiger partial charge >= 0.3 is 0 Å². The van der Waals surface area contributed by atoms with E-state index in [4.69, 9.17) is 0 Å². The molecular formula is C18H31N3O3. The maximum atomic E-state index is 12.7. The van der Waals surface area contributed by atoms with Gasteiger partial charge in [-0.3, -0.25) is 14.4 Å². The van der Waals surface area contributed by atoms with Crippen LogP contribution in [0.2, 0.25) is 0 Å². The van der Waals surface area contributed by atoms with Crippen molar-refractivity contribution in [2.24, 2.45) is 11.8 Å². The zero-order valence-electron chi connectivity index (χ0n) is 15.4. The van der Waals surface area contributed by atoms with Gasteiger partial charge in [0.1, 0.15) is 0 Å². The molecule has 0 bridgehead atoms. The number of carbonyl (C=O) groups is 3. The molecule has 1 saturated carbocycles. The Morgan fingerprint density at radius 1 is 1.04 bits per heavy atom. The highest BCUT2D eigenvalue weighted by molar-refractivity contribution is 5.86. The molecule has 2 fully saturated rings. The van der Waals surface area contributed by atoms with Gasteiger partial charge in [-0.25, -0.2) is 0 Å². The summed E-state index contributed by atoms with van der Waals surface area (Å²) in [5.41, 5.74) is -0.298. The molecule has 0 atom stereocenters. The standard InChI is InChI=1S/C18H31N3O3/c1-5-20(12-15(22)19-18(2,3)4)16(23)14-8-10-21(11-9-14)17(24)13-6-7-13/h13-14H,5-12H2,1-4H3,(H,19,22). The topological polar surface area (TPSA) is 69.7 Å². The van der Waals surface area contributed by atoms with Gasteiger partial charge in [0.25, 0.3) is 0 Å². The summed E-state index contributed by atoms with van der Waals surface area (Å²) in [6.07, 6.45) is 3.44. The quantitative estimate of drug-likeness (QED) is 0.824. The first-order valence-corrected chi connectivity index (χ1v) is 9.10. The molecule has 0 unspecified atom stereocenters. The molecule has 2 rings (SSSR count). The van der Waals surface area contributed by atoms with E-state index >= 15 is 0 Å². The number of amides is 3. The molecule has 1 aliphatic heterocycles. The molecule has 6 nitrogen and oxygen atoms in total. The van der Waals surface area contributed by atoms with E-state index in [-0.39, 0.29) is 41.6 Å². The molecule has 0 radical (unpaired) electrons. The van der Waals surface area contributed by atoms with Crippen LogP contribution in [0.15, 0.2) is 0 Å². The largest absolute Gasteiger partial charge is 0.350 e. The van der Waals surface area contributed by atoms with E-state index in [1.807, 2.05) is 32.6 Å². The first-order chi connectivity index (χ1) is 11.2. The van der Waals surface area contributed by atoms with E-state index in [2.05, 4.69) is 5.32 Å². The summed E-state index contributed by atoms with van der Waals surface area (Å²) in [6.45, 7) is 9.63. The molecule has 1 N–H and O–H groups in total. The number of likely N-dealkylation sites (N-methyl/N-ethyl adjacent to an activating group) is 1. The number of carbonyl (C=O) groups excluding carboxylic acids is 3. The Morgan fingerprint density at radius 3 is 2.08 bits per heavy atom. The Bertz CT molecular complexity index is 486. The Hall–Kier alpha value is -1.59. The van der Waals surface area contributed by atoms with Gasteiger partial charge < -0.3 is 15.1 Å². The van der Waals surface area contributed by atoms with Gasteiger partial charge in [-0.15, -0.1) is 0 Å². The van der Waals surface area contributed by atoms with E-state index in [0.717, 1.165) is 12.8 Å². The SMILES string of the molecule is CCN(CC(=O)NC(C)(C)C)C(=O)C1CCN(C(=O)C2CC2)CC1. The summed E-state index contributed by atoms with van der Waals surface area (Å²) in [7, 11) is 0. The Kier molecular flexibility index (Phi) is 5.88. The lowest BCUT2D eigenvalue weighted by Gasteiger charge is -2.34. The van der Waals surface area contributed by atoms with Crippen molar-refractivity contribution >= 4 is 17.7 Å². The Morgan fingerprint density at radius 2 is 1.62 bits per heavy atom. The fraction of sp³-hybridized carbons (Fsp3) is 0.833. The van der Waals surface area contributed by atoms with Gasteiger partial charge in [-0.1, -0.05) is 0 Å². The van der Waals surface area contributed by atoms with Crippen molar-refractivity contribution < 1.29 is 14.4 Å². The van der Waals surface area contributed by atoms with Gasteiger partial charge in [0.15, 0.2) is 0 Å². The number of hydrogen-bond acceptors (Lipinski definition) is 3. The van der Waals surface area contributed by atoms with Crippen molar-refractivity contribution in [3.63, 3.8) is 0 Å². The molecule has 1 aliphatic carbocycles. The molecule has 3 amide bonds. The number of piperidine rings is 1. The summed E-state index contributed by atoms with van der Waals surface area (Å²) in [5, 5.41) is 2.90. The van der Waals surface area contributed by atoms with Gasteiger partial charge in [-0.2, -0.15) is 0 Å². The van der Waals surface area contributed by atoms with Crippen LogP contribution in [0, 0.1) is 11.8 Å². The lowest BCUT2D eigenvalue weighted by Crippen LogP contribution is -2.50. The number of nitrogens with one attached hydrogen (secondary N) is 1. The van der Waals surface area contributed by atoms with Crippen LogP contribution in [-0.4, -0.2) is 59.2 Å². The first kappa shape index (κ1) is 18.7. The van der Waals surface area contributed by atoms with Gasteiger partial charge in [-0.05, 0) is 53.4 Å².